The molecule has 154 valence electrons. The highest BCUT2D eigenvalue weighted by Gasteiger charge is 2.26. The topological polar surface area (TPSA) is 36.3 Å². The number of fused-ring (bicyclic) bond motifs is 1. The Morgan fingerprint density at radius 1 is 1.00 bits per heavy atom. The third kappa shape index (κ3) is 3.99. The molecule has 29 heavy (non-hydrogen) atoms. The number of para-hydroxylation sites is 1. The molecule has 3 heterocycles. The van der Waals surface area contributed by atoms with Gasteiger partial charge in [-0.05, 0) is 49.6 Å². The minimum absolute atomic E-state index is 0. The molecule has 1 atom stereocenters. The quantitative estimate of drug-likeness (QED) is 0.640. The van der Waals surface area contributed by atoms with Crippen LogP contribution in [0.15, 0.2) is 53.6 Å². The number of hydrogen-bond donors (Lipinski definition) is 1. The molecule has 7 heteroatoms. The van der Waals surface area contributed by atoms with Gasteiger partial charge in [-0.15, -0.1) is 24.2 Å². The summed E-state index contributed by atoms with van der Waals surface area (Å²) in [4.78, 5) is 5.19. The number of hydrogen-bond acceptors (Lipinski definition) is 5. The molecule has 5 nitrogen and oxygen atoms in total. The number of aromatic nitrogens is 2. The SMILES string of the molecule is CSc1nn(-c2ccccc2)c2cc(N3CCN(C4CCNC4)CC3)ccc12.Cl. The van der Waals surface area contributed by atoms with Crippen LogP contribution in [-0.2, 0) is 0 Å². The number of benzene rings is 2. The molecule has 0 bridgehead atoms. The van der Waals surface area contributed by atoms with Gasteiger partial charge in [-0.25, -0.2) is 4.68 Å². The summed E-state index contributed by atoms with van der Waals surface area (Å²) in [5.74, 6) is 0. The Morgan fingerprint density at radius 2 is 1.79 bits per heavy atom. The predicted molar refractivity (Wildman–Crippen MR) is 125 cm³/mol. The summed E-state index contributed by atoms with van der Waals surface area (Å²) < 4.78 is 2.09. The fourth-order valence-corrected chi connectivity index (χ4v) is 5.04. The summed E-state index contributed by atoms with van der Waals surface area (Å²) in [6, 6.07) is 18.0. The molecule has 0 spiro atoms. The standard InChI is InChI=1S/C22H27N5S.ClH/c1-28-22-20-8-7-18(15-21(20)27(24-22)17-5-3-2-4-6-17)25-11-13-26(14-12-25)19-9-10-23-16-19;/h2-8,15,19,23H,9-14,16H2,1H3;1H. The maximum atomic E-state index is 4.87. The first kappa shape index (κ1) is 20.5. The van der Waals surface area contributed by atoms with E-state index in [1.807, 2.05) is 0 Å². The van der Waals surface area contributed by atoms with Crippen LogP contribution in [-0.4, -0.2) is 66.2 Å². The Bertz CT molecular complexity index is 946. The summed E-state index contributed by atoms with van der Waals surface area (Å²) in [6.07, 6.45) is 3.39. The van der Waals surface area contributed by atoms with Gasteiger partial charge in [0, 0.05) is 49.8 Å². The van der Waals surface area contributed by atoms with Crippen molar-refractivity contribution in [2.75, 3.05) is 50.4 Å². The highest BCUT2D eigenvalue weighted by Crippen LogP contribution is 2.31. The van der Waals surface area contributed by atoms with Crippen molar-refractivity contribution in [2.24, 2.45) is 0 Å². The van der Waals surface area contributed by atoms with E-state index in [1.165, 1.54) is 29.6 Å². The molecule has 2 aromatic carbocycles. The van der Waals surface area contributed by atoms with E-state index in [2.05, 4.69) is 74.6 Å². The van der Waals surface area contributed by atoms with E-state index in [9.17, 15) is 0 Å². The Labute approximate surface area is 182 Å². The zero-order valence-electron chi connectivity index (χ0n) is 16.8. The van der Waals surface area contributed by atoms with Gasteiger partial charge in [-0.2, -0.15) is 5.10 Å². The molecule has 2 saturated heterocycles. The molecular weight excluding hydrogens is 402 g/mol. The lowest BCUT2D eigenvalue weighted by molar-refractivity contribution is 0.196. The average Bonchev–Trinajstić information content (AvgIpc) is 3.42. The van der Waals surface area contributed by atoms with Crippen LogP contribution in [0.4, 0.5) is 5.69 Å². The fourth-order valence-electron chi connectivity index (χ4n) is 4.48. The Kier molecular flexibility index (Phi) is 6.35. The first-order valence-corrected chi connectivity index (χ1v) is 11.4. The van der Waals surface area contributed by atoms with Crippen molar-refractivity contribution in [3.63, 3.8) is 0 Å². The van der Waals surface area contributed by atoms with E-state index in [-0.39, 0.29) is 12.4 Å². The molecule has 0 saturated carbocycles. The van der Waals surface area contributed by atoms with E-state index in [0.29, 0.717) is 0 Å². The molecule has 0 aliphatic carbocycles. The fraction of sp³-hybridized carbons (Fsp3) is 0.409. The van der Waals surface area contributed by atoms with Crippen LogP contribution < -0.4 is 10.2 Å². The molecule has 2 fully saturated rings. The summed E-state index contributed by atoms with van der Waals surface area (Å²) >= 11 is 1.71. The van der Waals surface area contributed by atoms with Crippen molar-refractivity contribution in [2.45, 2.75) is 17.5 Å². The van der Waals surface area contributed by atoms with Crippen LogP contribution in [0.5, 0.6) is 0 Å². The van der Waals surface area contributed by atoms with Crippen LogP contribution in [0.1, 0.15) is 6.42 Å². The average molecular weight is 430 g/mol. The predicted octanol–water partition coefficient (Wildman–Crippen LogP) is 3.65. The van der Waals surface area contributed by atoms with Crippen LogP contribution in [0.3, 0.4) is 0 Å². The third-order valence-corrected chi connectivity index (χ3v) is 6.74. The van der Waals surface area contributed by atoms with Crippen LogP contribution in [0.2, 0.25) is 0 Å². The minimum atomic E-state index is 0. The summed E-state index contributed by atoms with van der Waals surface area (Å²) in [5, 5.41) is 10.7. The molecule has 2 aliphatic rings. The highest BCUT2D eigenvalue weighted by molar-refractivity contribution is 7.98. The van der Waals surface area contributed by atoms with E-state index >= 15 is 0 Å². The zero-order chi connectivity index (χ0) is 18.9. The Hall–Kier alpha value is -1.73. The second-order valence-corrected chi connectivity index (χ2v) is 8.42. The number of thioether (sulfide) groups is 1. The number of anilines is 1. The lowest BCUT2D eigenvalue weighted by atomic mass is 10.1. The van der Waals surface area contributed by atoms with Gasteiger partial charge in [0.15, 0.2) is 0 Å². The monoisotopic (exact) mass is 429 g/mol. The van der Waals surface area contributed by atoms with Crippen molar-refractivity contribution in [1.29, 1.82) is 0 Å². The second-order valence-electron chi connectivity index (χ2n) is 7.63. The number of nitrogens with one attached hydrogen (secondary N) is 1. The van der Waals surface area contributed by atoms with Gasteiger partial charge in [-0.3, -0.25) is 4.90 Å². The van der Waals surface area contributed by atoms with Gasteiger partial charge in [0.05, 0.1) is 11.2 Å². The number of halogens is 1. The van der Waals surface area contributed by atoms with Crippen molar-refractivity contribution < 1.29 is 0 Å². The van der Waals surface area contributed by atoms with Crippen molar-refractivity contribution >= 4 is 40.8 Å². The maximum Gasteiger partial charge on any atom is 0.126 e. The number of nitrogens with zero attached hydrogens (tertiary/aromatic N) is 4. The van der Waals surface area contributed by atoms with Crippen LogP contribution in [0, 0.1) is 0 Å². The number of piperazine rings is 1. The van der Waals surface area contributed by atoms with E-state index in [0.717, 1.165) is 49.5 Å². The molecule has 2 aliphatic heterocycles. The van der Waals surface area contributed by atoms with E-state index in [1.54, 1.807) is 11.8 Å². The normalized spacial score (nSPS) is 20.2. The molecule has 1 unspecified atom stereocenters. The lowest BCUT2D eigenvalue weighted by Gasteiger charge is -2.39. The summed E-state index contributed by atoms with van der Waals surface area (Å²) in [5.41, 5.74) is 3.61. The van der Waals surface area contributed by atoms with E-state index < -0.39 is 0 Å². The summed E-state index contributed by atoms with van der Waals surface area (Å²) in [7, 11) is 0. The maximum absolute atomic E-state index is 4.87. The lowest BCUT2D eigenvalue weighted by Crippen LogP contribution is -2.51. The zero-order valence-corrected chi connectivity index (χ0v) is 18.4. The van der Waals surface area contributed by atoms with Crippen LogP contribution >= 0.6 is 24.2 Å². The van der Waals surface area contributed by atoms with Gasteiger partial charge in [-0.1, -0.05) is 18.2 Å². The first-order valence-electron chi connectivity index (χ1n) is 10.2. The molecule has 1 aromatic heterocycles. The first-order chi connectivity index (χ1) is 13.8. The third-order valence-electron chi connectivity index (χ3n) is 6.05. The van der Waals surface area contributed by atoms with Gasteiger partial charge in [0.1, 0.15) is 5.03 Å². The Balaban J connectivity index is 0.00000205. The Morgan fingerprint density at radius 3 is 2.48 bits per heavy atom. The molecular formula is C22H28ClN5S. The molecule has 1 N–H and O–H groups in total. The largest absolute Gasteiger partial charge is 0.369 e. The van der Waals surface area contributed by atoms with Gasteiger partial charge in [0.25, 0.3) is 0 Å². The smallest absolute Gasteiger partial charge is 0.126 e. The minimum Gasteiger partial charge on any atom is -0.369 e. The van der Waals surface area contributed by atoms with Gasteiger partial charge in [0.2, 0.25) is 0 Å². The van der Waals surface area contributed by atoms with Gasteiger partial charge >= 0.3 is 0 Å². The van der Waals surface area contributed by atoms with Gasteiger partial charge < -0.3 is 10.2 Å². The molecule has 0 radical (unpaired) electrons. The van der Waals surface area contributed by atoms with Crippen molar-refractivity contribution in [3.05, 3.63) is 48.5 Å². The summed E-state index contributed by atoms with van der Waals surface area (Å²) in [6.45, 7) is 6.81. The highest BCUT2D eigenvalue weighted by atomic mass is 35.5. The molecule has 5 rings (SSSR count). The van der Waals surface area contributed by atoms with E-state index in [4.69, 9.17) is 5.10 Å². The second kappa shape index (κ2) is 8.96. The molecule has 3 aromatic rings. The van der Waals surface area contributed by atoms with Crippen molar-refractivity contribution in [3.8, 4) is 5.69 Å². The number of rotatable bonds is 4. The van der Waals surface area contributed by atoms with Crippen molar-refractivity contribution in [1.82, 2.24) is 20.0 Å². The molecule has 0 amide bonds. The van der Waals surface area contributed by atoms with Crippen LogP contribution in [0.25, 0.3) is 16.6 Å².